The maximum Gasteiger partial charge on any atom is 0.259 e. The highest BCUT2D eigenvalue weighted by atomic mass is 16.5. The largest absolute Gasteiger partial charge is 0.483 e. The lowest BCUT2D eigenvalue weighted by molar-refractivity contribution is -0.130. The Labute approximate surface area is 138 Å². The molecule has 0 saturated carbocycles. The molecule has 0 aliphatic carbocycles. The normalized spacial score (nSPS) is 13.1. The highest BCUT2D eigenvalue weighted by Gasteiger charge is 2.18. The highest BCUT2D eigenvalue weighted by molar-refractivity contribution is 5.78. The van der Waals surface area contributed by atoms with Crippen LogP contribution in [-0.4, -0.2) is 43.5 Å². The van der Waals surface area contributed by atoms with Crippen molar-refractivity contribution in [2.45, 2.75) is 38.8 Å². The minimum Gasteiger partial charge on any atom is -0.483 e. The number of amides is 2. The van der Waals surface area contributed by atoms with Gasteiger partial charge in [-0.3, -0.25) is 9.59 Å². The minimum atomic E-state index is -0.184. The summed E-state index contributed by atoms with van der Waals surface area (Å²) < 4.78 is 5.64. The number of rotatable bonds is 8. The summed E-state index contributed by atoms with van der Waals surface area (Å²) in [7, 11) is 3.36. The van der Waals surface area contributed by atoms with E-state index in [1.54, 1.807) is 27.1 Å². The van der Waals surface area contributed by atoms with Gasteiger partial charge in [-0.25, -0.2) is 0 Å². The molecule has 0 aliphatic rings. The molecule has 2 unspecified atom stereocenters. The summed E-state index contributed by atoms with van der Waals surface area (Å²) >= 11 is 0. The summed E-state index contributed by atoms with van der Waals surface area (Å²) in [6, 6.07) is 7.07. The fourth-order valence-corrected chi connectivity index (χ4v) is 2.11. The van der Waals surface area contributed by atoms with Crippen molar-refractivity contribution in [3.63, 3.8) is 0 Å². The van der Waals surface area contributed by atoms with Gasteiger partial charge in [0.05, 0.1) is 6.04 Å². The topological polar surface area (TPSA) is 84.7 Å². The first-order valence-electron chi connectivity index (χ1n) is 7.82. The first kappa shape index (κ1) is 19.0. The van der Waals surface area contributed by atoms with E-state index in [2.05, 4.69) is 5.32 Å². The molecule has 0 fully saturated rings. The van der Waals surface area contributed by atoms with Crippen LogP contribution in [0.2, 0.25) is 0 Å². The maximum atomic E-state index is 12.0. The van der Waals surface area contributed by atoms with Gasteiger partial charge >= 0.3 is 0 Å². The van der Waals surface area contributed by atoms with E-state index >= 15 is 0 Å². The predicted octanol–water partition coefficient (Wildman–Crippen LogP) is 1.46. The second kappa shape index (κ2) is 9.15. The fraction of sp³-hybridized carbons (Fsp3) is 0.529. The molecule has 2 atom stereocenters. The lowest BCUT2D eigenvalue weighted by atomic mass is 10.0. The number of ether oxygens (including phenoxy) is 1. The predicted molar refractivity (Wildman–Crippen MR) is 90.1 cm³/mol. The van der Waals surface area contributed by atoms with Crippen LogP contribution in [0.3, 0.4) is 0 Å². The van der Waals surface area contributed by atoms with Gasteiger partial charge < -0.3 is 20.7 Å². The SMILES string of the molecule is CCC(NC(=O)CC(C)N)c1ccccc1OCC(=O)N(C)C. The number of nitrogens with one attached hydrogen (secondary N) is 1. The standard InChI is InChI=1S/C17H27N3O3/c1-5-14(19-16(21)10-12(2)18)13-8-6-7-9-15(13)23-11-17(22)20(3)4/h6-9,12,14H,5,10-11,18H2,1-4H3,(H,19,21). The molecule has 0 radical (unpaired) electrons. The van der Waals surface area contributed by atoms with Gasteiger partial charge in [0.25, 0.3) is 5.91 Å². The summed E-state index contributed by atoms with van der Waals surface area (Å²) in [5.74, 6) is 0.399. The van der Waals surface area contributed by atoms with Crippen LogP contribution in [0.15, 0.2) is 24.3 Å². The zero-order chi connectivity index (χ0) is 17.4. The second-order valence-electron chi connectivity index (χ2n) is 5.82. The smallest absolute Gasteiger partial charge is 0.259 e. The molecular formula is C17H27N3O3. The molecule has 1 aromatic carbocycles. The number of carbonyl (C=O) groups is 2. The van der Waals surface area contributed by atoms with Crippen LogP contribution < -0.4 is 15.8 Å². The maximum absolute atomic E-state index is 12.0. The van der Waals surface area contributed by atoms with Crippen molar-refractivity contribution in [2.75, 3.05) is 20.7 Å². The Morgan fingerprint density at radius 1 is 1.30 bits per heavy atom. The molecule has 0 spiro atoms. The Hall–Kier alpha value is -2.08. The van der Waals surface area contributed by atoms with Crippen molar-refractivity contribution in [1.29, 1.82) is 0 Å². The monoisotopic (exact) mass is 321 g/mol. The number of para-hydroxylation sites is 1. The van der Waals surface area contributed by atoms with E-state index in [1.165, 1.54) is 4.90 Å². The van der Waals surface area contributed by atoms with Crippen LogP contribution >= 0.6 is 0 Å². The average molecular weight is 321 g/mol. The third-order valence-corrected chi connectivity index (χ3v) is 3.40. The first-order valence-corrected chi connectivity index (χ1v) is 7.82. The van der Waals surface area contributed by atoms with Gasteiger partial charge in [-0.1, -0.05) is 25.1 Å². The second-order valence-corrected chi connectivity index (χ2v) is 5.82. The number of hydrogen-bond acceptors (Lipinski definition) is 4. The van der Waals surface area contributed by atoms with Crippen molar-refractivity contribution in [3.05, 3.63) is 29.8 Å². The summed E-state index contributed by atoms with van der Waals surface area (Å²) in [4.78, 5) is 25.1. The summed E-state index contributed by atoms with van der Waals surface area (Å²) in [6.07, 6.45) is 0.991. The van der Waals surface area contributed by atoms with Crippen LogP contribution in [0.1, 0.15) is 38.3 Å². The minimum absolute atomic E-state index is 0.0335. The van der Waals surface area contributed by atoms with E-state index in [0.29, 0.717) is 12.2 Å². The van der Waals surface area contributed by atoms with Crippen LogP contribution in [0.4, 0.5) is 0 Å². The van der Waals surface area contributed by atoms with Gasteiger partial charge in [0.2, 0.25) is 5.91 Å². The molecule has 2 amide bonds. The molecule has 6 heteroatoms. The van der Waals surface area contributed by atoms with E-state index in [0.717, 1.165) is 5.56 Å². The number of nitrogens with zero attached hydrogens (tertiary/aromatic N) is 1. The highest BCUT2D eigenvalue weighted by Crippen LogP contribution is 2.27. The third kappa shape index (κ3) is 6.28. The van der Waals surface area contributed by atoms with Gasteiger partial charge in [0.1, 0.15) is 5.75 Å². The Morgan fingerprint density at radius 2 is 1.96 bits per heavy atom. The van der Waals surface area contributed by atoms with Crippen LogP contribution in [0, 0.1) is 0 Å². The molecule has 1 rings (SSSR count). The molecular weight excluding hydrogens is 294 g/mol. The Morgan fingerprint density at radius 3 is 2.52 bits per heavy atom. The molecule has 0 aromatic heterocycles. The molecule has 0 bridgehead atoms. The molecule has 1 aromatic rings. The Balaban J connectivity index is 2.83. The Bertz CT molecular complexity index is 530. The van der Waals surface area contributed by atoms with Crippen molar-refractivity contribution < 1.29 is 14.3 Å². The van der Waals surface area contributed by atoms with E-state index in [-0.39, 0.29) is 36.9 Å². The zero-order valence-electron chi connectivity index (χ0n) is 14.3. The fourth-order valence-electron chi connectivity index (χ4n) is 2.11. The summed E-state index contributed by atoms with van der Waals surface area (Å²) in [5, 5.41) is 2.97. The van der Waals surface area contributed by atoms with Gasteiger partial charge in [0, 0.05) is 32.1 Å². The summed E-state index contributed by atoms with van der Waals surface area (Å²) in [6.45, 7) is 3.75. The zero-order valence-corrected chi connectivity index (χ0v) is 14.3. The first-order chi connectivity index (χ1) is 10.8. The van der Waals surface area contributed by atoms with Crippen molar-refractivity contribution in [1.82, 2.24) is 10.2 Å². The van der Waals surface area contributed by atoms with Crippen molar-refractivity contribution >= 4 is 11.8 Å². The van der Waals surface area contributed by atoms with Crippen LogP contribution in [0.25, 0.3) is 0 Å². The van der Waals surface area contributed by atoms with Gasteiger partial charge in [-0.05, 0) is 19.4 Å². The van der Waals surface area contributed by atoms with Crippen LogP contribution in [0.5, 0.6) is 5.75 Å². The molecule has 23 heavy (non-hydrogen) atoms. The molecule has 128 valence electrons. The Kier molecular flexibility index (Phi) is 7.54. The number of likely N-dealkylation sites (N-methyl/N-ethyl adjacent to an activating group) is 1. The summed E-state index contributed by atoms with van der Waals surface area (Å²) in [5.41, 5.74) is 6.52. The lowest BCUT2D eigenvalue weighted by Gasteiger charge is -2.21. The average Bonchev–Trinajstić information content (AvgIpc) is 2.49. The van der Waals surface area contributed by atoms with E-state index in [4.69, 9.17) is 10.5 Å². The van der Waals surface area contributed by atoms with E-state index in [9.17, 15) is 9.59 Å². The number of carbonyl (C=O) groups excluding carboxylic acids is 2. The lowest BCUT2D eigenvalue weighted by Crippen LogP contribution is -2.33. The van der Waals surface area contributed by atoms with Crippen molar-refractivity contribution in [3.8, 4) is 5.75 Å². The van der Waals surface area contributed by atoms with Gasteiger partial charge in [-0.2, -0.15) is 0 Å². The van der Waals surface area contributed by atoms with E-state index < -0.39 is 0 Å². The molecule has 6 nitrogen and oxygen atoms in total. The molecule has 0 aliphatic heterocycles. The van der Waals surface area contributed by atoms with Gasteiger partial charge in [-0.15, -0.1) is 0 Å². The van der Waals surface area contributed by atoms with Gasteiger partial charge in [0.15, 0.2) is 6.61 Å². The molecule has 3 N–H and O–H groups in total. The van der Waals surface area contributed by atoms with E-state index in [1.807, 2.05) is 25.1 Å². The quantitative estimate of drug-likeness (QED) is 0.759. The van der Waals surface area contributed by atoms with Crippen molar-refractivity contribution in [2.24, 2.45) is 5.73 Å². The molecule has 0 saturated heterocycles. The number of nitrogens with two attached hydrogens (primary N) is 1. The number of benzene rings is 1. The third-order valence-electron chi connectivity index (χ3n) is 3.40. The van der Waals surface area contributed by atoms with Crippen LogP contribution in [-0.2, 0) is 9.59 Å². The number of hydrogen-bond donors (Lipinski definition) is 2. The molecule has 0 heterocycles.